The molecule has 0 fully saturated rings. The lowest BCUT2D eigenvalue weighted by atomic mass is 10.0. The first-order chi connectivity index (χ1) is 9.25. The predicted octanol–water partition coefficient (Wildman–Crippen LogP) is 3.27. The number of thiophene rings is 1. The molecule has 0 radical (unpaired) electrons. The van der Waals surface area contributed by atoms with E-state index in [0.717, 1.165) is 12.0 Å². The molecule has 2 heterocycles. The van der Waals surface area contributed by atoms with Gasteiger partial charge in [-0.05, 0) is 23.1 Å². The molecule has 0 saturated carbocycles. The van der Waals surface area contributed by atoms with Gasteiger partial charge in [-0.1, -0.05) is 6.07 Å². The van der Waals surface area contributed by atoms with Crippen LogP contribution in [0.3, 0.4) is 0 Å². The molecule has 1 aliphatic heterocycles. The van der Waals surface area contributed by atoms with E-state index in [2.05, 4.69) is 0 Å². The van der Waals surface area contributed by atoms with Gasteiger partial charge in [0.1, 0.15) is 0 Å². The highest BCUT2D eigenvalue weighted by molar-refractivity contribution is 7.08. The molecule has 0 atom stereocenters. The molecule has 1 aliphatic rings. The number of carboxylic acids is 1. The van der Waals surface area contributed by atoms with Crippen LogP contribution in [-0.2, 0) is 0 Å². The molecular weight excluding hydrogens is 264 g/mol. The molecule has 0 unspecified atom stereocenters. The van der Waals surface area contributed by atoms with Crippen molar-refractivity contribution in [2.75, 3.05) is 13.2 Å². The van der Waals surface area contributed by atoms with Crippen LogP contribution in [0, 0.1) is 0 Å². The van der Waals surface area contributed by atoms with Crippen LogP contribution in [-0.4, -0.2) is 24.3 Å². The summed E-state index contributed by atoms with van der Waals surface area (Å²) in [6, 6.07) is 5.54. The third-order valence-electron chi connectivity index (χ3n) is 2.95. The van der Waals surface area contributed by atoms with Gasteiger partial charge in [-0.25, -0.2) is 4.79 Å². The van der Waals surface area contributed by atoms with Crippen LogP contribution in [0.4, 0.5) is 0 Å². The molecule has 98 valence electrons. The Morgan fingerprint density at radius 2 is 1.95 bits per heavy atom. The van der Waals surface area contributed by atoms with E-state index < -0.39 is 5.97 Å². The predicted molar refractivity (Wildman–Crippen MR) is 72.3 cm³/mol. The Morgan fingerprint density at radius 3 is 2.74 bits per heavy atom. The van der Waals surface area contributed by atoms with Crippen LogP contribution >= 0.6 is 11.3 Å². The van der Waals surface area contributed by atoms with Crippen molar-refractivity contribution in [1.29, 1.82) is 0 Å². The van der Waals surface area contributed by atoms with E-state index in [0.29, 0.717) is 35.8 Å². The van der Waals surface area contributed by atoms with Gasteiger partial charge in [0.15, 0.2) is 11.5 Å². The molecule has 0 spiro atoms. The fourth-order valence-electron chi connectivity index (χ4n) is 2.02. The van der Waals surface area contributed by atoms with E-state index >= 15 is 0 Å². The molecule has 0 amide bonds. The van der Waals surface area contributed by atoms with Gasteiger partial charge in [-0.15, -0.1) is 0 Å². The van der Waals surface area contributed by atoms with Crippen LogP contribution < -0.4 is 9.47 Å². The number of hydrogen-bond acceptors (Lipinski definition) is 4. The Bertz CT molecular complexity index is 618. The minimum atomic E-state index is -0.914. The zero-order valence-corrected chi connectivity index (χ0v) is 10.9. The molecule has 19 heavy (non-hydrogen) atoms. The highest BCUT2D eigenvalue weighted by Gasteiger charge is 2.16. The van der Waals surface area contributed by atoms with Gasteiger partial charge in [0.05, 0.1) is 18.8 Å². The van der Waals surface area contributed by atoms with Gasteiger partial charge >= 0.3 is 5.97 Å². The van der Waals surface area contributed by atoms with Crippen molar-refractivity contribution in [2.24, 2.45) is 0 Å². The minimum Gasteiger partial charge on any atom is -0.490 e. The number of fused-ring (bicyclic) bond motifs is 1. The Morgan fingerprint density at radius 1 is 1.16 bits per heavy atom. The number of rotatable bonds is 2. The molecule has 1 N–H and O–H groups in total. The lowest BCUT2D eigenvalue weighted by molar-refractivity contribution is 0.0698. The molecule has 2 aromatic rings. The number of carboxylic acid groups (broad SMARTS) is 1. The molecular formula is C14H12O4S. The Kier molecular flexibility index (Phi) is 3.13. The topological polar surface area (TPSA) is 55.8 Å². The summed E-state index contributed by atoms with van der Waals surface area (Å²) in [5.41, 5.74) is 1.87. The third kappa shape index (κ3) is 2.29. The molecule has 0 aliphatic carbocycles. The quantitative estimate of drug-likeness (QED) is 0.914. The van der Waals surface area contributed by atoms with Crippen molar-refractivity contribution in [3.63, 3.8) is 0 Å². The van der Waals surface area contributed by atoms with E-state index in [1.807, 2.05) is 23.6 Å². The van der Waals surface area contributed by atoms with E-state index in [9.17, 15) is 4.79 Å². The van der Waals surface area contributed by atoms with Gasteiger partial charge in [0, 0.05) is 17.4 Å². The molecule has 5 heteroatoms. The number of benzene rings is 1. The van der Waals surface area contributed by atoms with Gasteiger partial charge < -0.3 is 14.6 Å². The average molecular weight is 276 g/mol. The number of hydrogen-bond donors (Lipinski definition) is 1. The summed E-state index contributed by atoms with van der Waals surface area (Å²) < 4.78 is 11.2. The van der Waals surface area contributed by atoms with E-state index in [4.69, 9.17) is 14.6 Å². The van der Waals surface area contributed by atoms with Crippen molar-refractivity contribution in [2.45, 2.75) is 6.42 Å². The standard InChI is InChI=1S/C14H12O4S/c15-14(16)11-8-19-7-10(11)9-2-3-12-13(6-9)18-5-1-4-17-12/h2-3,6-8H,1,4-5H2,(H,15,16). The van der Waals surface area contributed by atoms with Crippen LogP contribution in [0.1, 0.15) is 16.8 Å². The highest BCUT2D eigenvalue weighted by Crippen LogP contribution is 2.36. The first kappa shape index (κ1) is 12.0. The van der Waals surface area contributed by atoms with Crippen LogP contribution in [0.5, 0.6) is 11.5 Å². The number of ether oxygens (including phenoxy) is 2. The Labute approximate surface area is 114 Å². The molecule has 0 bridgehead atoms. The third-order valence-corrected chi connectivity index (χ3v) is 3.69. The van der Waals surface area contributed by atoms with E-state index in [1.165, 1.54) is 11.3 Å². The molecule has 3 rings (SSSR count). The van der Waals surface area contributed by atoms with Crippen molar-refractivity contribution >= 4 is 17.3 Å². The first-order valence-electron chi connectivity index (χ1n) is 5.95. The summed E-state index contributed by atoms with van der Waals surface area (Å²) >= 11 is 1.38. The maximum atomic E-state index is 11.2. The SMILES string of the molecule is O=C(O)c1cscc1-c1ccc2c(c1)OCCCO2. The summed E-state index contributed by atoms with van der Waals surface area (Å²) in [6.07, 6.45) is 0.850. The maximum absolute atomic E-state index is 11.2. The lowest BCUT2D eigenvalue weighted by Gasteiger charge is -2.09. The summed E-state index contributed by atoms with van der Waals surface area (Å²) in [7, 11) is 0. The van der Waals surface area contributed by atoms with Crippen LogP contribution in [0.25, 0.3) is 11.1 Å². The largest absolute Gasteiger partial charge is 0.490 e. The summed E-state index contributed by atoms with van der Waals surface area (Å²) in [5.74, 6) is 0.481. The van der Waals surface area contributed by atoms with Crippen molar-refractivity contribution in [3.05, 3.63) is 34.5 Å². The fraction of sp³-hybridized carbons (Fsp3) is 0.214. The maximum Gasteiger partial charge on any atom is 0.337 e. The van der Waals surface area contributed by atoms with E-state index in [-0.39, 0.29) is 0 Å². The summed E-state index contributed by atoms with van der Waals surface area (Å²) in [5, 5.41) is 12.6. The van der Waals surface area contributed by atoms with Crippen LogP contribution in [0.15, 0.2) is 29.0 Å². The van der Waals surface area contributed by atoms with Crippen molar-refractivity contribution < 1.29 is 19.4 Å². The molecule has 0 saturated heterocycles. The fourth-order valence-corrected chi connectivity index (χ4v) is 2.85. The second kappa shape index (κ2) is 4.93. The molecule has 4 nitrogen and oxygen atoms in total. The monoisotopic (exact) mass is 276 g/mol. The van der Waals surface area contributed by atoms with Gasteiger partial charge in [0.25, 0.3) is 0 Å². The molecule has 1 aromatic heterocycles. The number of carbonyl (C=O) groups is 1. The van der Waals surface area contributed by atoms with Crippen molar-refractivity contribution in [1.82, 2.24) is 0 Å². The van der Waals surface area contributed by atoms with E-state index in [1.54, 1.807) is 5.38 Å². The zero-order valence-electron chi connectivity index (χ0n) is 10.1. The van der Waals surface area contributed by atoms with Gasteiger partial charge in [-0.2, -0.15) is 11.3 Å². The highest BCUT2D eigenvalue weighted by atomic mass is 32.1. The van der Waals surface area contributed by atoms with Crippen LogP contribution in [0.2, 0.25) is 0 Å². The van der Waals surface area contributed by atoms with Crippen molar-refractivity contribution in [3.8, 4) is 22.6 Å². The smallest absolute Gasteiger partial charge is 0.337 e. The summed E-state index contributed by atoms with van der Waals surface area (Å²) in [4.78, 5) is 11.2. The van der Waals surface area contributed by atoms with Gasteiger partial charge in [-0.3, -0.25) is 0 Å². The zero-order chi connectivity index (χ0) is 13.2. The minimum absolute atomic E-state index is 0.319. The first-order valence-corrected chi connectivity index (χ1v) is 6.89. The lowest BCUT2D eigenvalue weighted by Crippen LogP contribution is -1.97. The molecule has 1 aromatic carbocycles. The summed E-state index contributed by atoms with van der Waals surface area (Å²) in [6.45, 7) is 1.26. The second-order valence-corrected chi connectivity index (χ2v) is 4.96. The number of aromatic carboxylic acids is 1. The Balaban J connectivity index is 2.04. The second-order valence-electron chi connectivity index (χ2n) is 4.22. The normalized spacial score (nSPS) is 13.9. The Hall–Kier alpha value is -2.01. The van der Waals surface area contributed by atoms with Gasteiger partial charge in [0.2, 0.25) is 0 Å². The average Bonchev–Trinajstić information content (AvgIpc) is 2.78.